The van der Waals surface area contributed by atoms with Crippen molar-refractivity contribution in [3.8, 4) is 5.75 Å². The molecule has 0 spiro atoms. The zero-order valence-electron chi connectivity index (χ0n) is 20.6. The van der Waals surface area contributed by atoms with E-state index in [0.29, 0.717) is 12.5 Å². The SMILES string of the molecule is CCCC(C)COc1ccc([C@H](CNC(=O)C(N)C2CC2)NC(=O)[C@@H](C)c2ccccc2)cc1. The van der Waals surface area contributed by atoms with Crippen molar-refractivity contribution in [2.24, 2.45) is 17.6 Å². The van der Waals surface area contributed by atoms with Crippen LogP contribution in [0.3, 0.4) is 0 Å². The fraction of sp³-hybridized carbons (Fsp3) is 0.500. The average molecular weight is 466 g/mol. The first kappa shape index (κ1) is 25.8. The van der Waals surface area contributed by atoms with Crippen molar-refractivity contribution in [2.45, 2.75) is 64.5 Å². The number of carbonyl (C=O) groups is 2. The fourth-order valence-electron chi connectivity index (χ4n) is 4.04. The second-order valence-electron chi connectivity index (χ2n) is 9.58. The van der Waals surface area contributed by atoms with E-state index >= 15 is 0 Å². The van der Waals surface area contributed by atoms with E-state index < -0.39 is 6.04 Å². The number of nitrogens with two attached hydrogens (primary N) is 1. The molecule has 0 saturated heterocycles. The van der Waals surface area contributed by atoms with Gasteiger partial charge in [-0.1, -0.05) is 62.7 Å². The highest BCUT2D eigenvalue weighted by Gasteiger charge is 2.33. The van der Waals surface area contributed by atoms with Gasteiger partial charge in [0.25, 0.3) is 0 Å². The van der Waals surface area contributed by atoms with Crippen LogP contribution in [0.1, 0.15) is 69.5 Å². The van der Waals surface area contributed by atoms with Crippen molar-refractivity contribution in [1.82, 2.24) is 10.6 Å². The summed E-state index contributed by atoms with van der Waals surface area (Å²) in [5.41, 5.74) is 7.91. The van der Waals surface area contributed by atoms with Gasteiger partial charge in [0.2, 0.25) is 11.8 Å². The fourth-order valence-corrected chi connectivity index (χ4v) is 4.04. The van der Waals surface area contributed by atoms with E-state index in [1.807, 2.05) is 61.5 Å². The van der Waals surface area contributed by atoms with Crippen molar-refractivity contribution in [1.29, 1.82) is 0 Å². The lowest BCUT2D eigenvalue weighted by Gasteiger charge is -2.23. The van der Waals surface area contributed by atoms with Crippen molar-refractivity contribution in [2.75, 3.05) is 13.2 Å². The molecule has 1 saturated carbocycles. The first-order valence-electron chi connectivity index (χ1n) is 12.5. The Morgan fingerprint density at radius 2 is 1.68 bits per heavy atom. The molecule has 2 aromatic rings. The van der Waals surface area contributed by atoms with E-state index in [1.165, 1.54) is 0 Å². The van der Waals surface area contributed by atoms with Crippen LogP contribution in [0.2, 0.25) is 0 Å². The Kier molecular flexibility index (Phi) is 9.52. The molecule has 184 valence electrons. The van der Waals surface area contributed by atoms with Gasteiger partial charge in [0.15, 0.2) is 0 Å². The number of rotatable bonds is 13. The largest absolute Gasteiger partial charge is 0.493 e. The molecule has 2 unspecified atom stereocenters. The third-order valence-corrected chi connectivity index (χ3v) is 6.52. The van der Waals surface area contributed by atoms with Crippen LogP contribution in [-0.2, 0) is 9.59 Å². The van der Waals surface area contributed by atoms with E-state index in [-0.39, 0.29) is 36.2 Å². The number of hydrogen-bond acceptors (Lipinski definition) is 4. The van der Waals surface area contributed by atoms with Gasteiger partial charge < -0.3 is 21.1 Å². The number of carbonyl (C=O) groups excluding carboxylic acids is 2. The molecule has 2 amide bonds. The quantitative estimate of drug-likeness (QED) is 0.411. The van der Waals surface area contributed by atoms with E-state index in [0.717, 1.165) is 42.6 Å². The van der Waals surface area contributed by atoms with Gasteiger partial charge in [0, 0.05) is 6.54 Å². The van der Waals surface area contributed by atoms with Crippen LogP contribution in [0.4, 0.5) is 0 Å². The molecular formula is C28H39N3O3. The van der Waals surface area contributed by atoms with Gasteiger partial charge in [-0.15, -0.1) is 0 Å². The third kappa shape index (κ3) is 7.59. The van der Waals surface area contributed by atoms with Gasteiger partial charge in [-0.3, -0.25) is 9.59 Å². The van der Waals surface area contributed by atoms with Crippen molar-refractivity contribution < 1.29 is 14.3 Å². The van der Waals surface area contributed by atoms with Gasteiger partial charge in [-0.25, -0.2) is 0 Å². The molecule has 2 aromatic carbocycles. The van der Waals surface area contributed by atoms with E-state index in [2.05, 4.69) is 24.5 Å². The number of benzene rings is 2. The minimum atomic E-state index is -0.486. The van der Waals surface area contributed by atoms with Gasteiger partial charge in [-0.2, -0.15) is 0 Å². The van der Waals surface area contributed by atoms with Crippen LogP contribution in [0.25, 0.3) is 0 Å². The highest BCUT2D eigenvalue weighted by atomic mass is 16.5. The molecule has 1 aliphatic rings. The van der Waals surface area contributed by atoms with E-state index in [4.69, 9.17) is 10.5 Å². The summed E-state index contributed by atoms with van der Waals surface area (Å²) in [4.78, 5) is 25.5. The lowest BCUT2D eigenvalue weighted by atomic mass is 9.99. The number of hydrogen-bond donors (Lipinski definition) is 3. The van der Waals surface area contributed by atoms with E-state index in [1.54, 1.807) is 0 Å². The van der Waals surface area contributed by atoms with Crippen LogP contribution < -0.4 is 21.1 Å². The maximum absolute atomic E-state index is 13.1. The maximum Gasteiger partial charge on any atom is 0.237 e. The second kappa shape index (κ2) is 12.6. The molecular weight excluding hydrogens is 426 g/mol. The zero-order chi connectivity index (χ0) is 24.5. The Morgan fingerprint density at radius 1 is 1.00 bits per heavy atom. The normalized spacial score (nSPS) is 16.7. The Bertz CT molecular complexity index is 912. The lowest BCUT2D eigenvalue weighted by molar-refractivity contribution is -0.125. The molecule has 1 fully saturated rings. The summed E-state index contributed by atoms with van der Waals surface area (Å²) in [5, 5.41) is 6.07. The molecule has 0 aromatic heterocycles. The molecule has 0 heterocycles. The molecule has 6 heteroatoms. The Hall–Kier alpha value is -2.86. The van der Waals surface area contributed by atoms with Crippen LogP contribution in [0.5, 0.6) is 5.75 Å². The third-order valence-electron chi connectivity index (χ3n) is 6.52. The van der Waals surface area contributed by atoms with E-state index in [9.17, 15) is 9.59 Å². The molecule has 3 rings (SSSR count). The molecule has 34 heavy (non-hydrogen) atoms. The molecule has 1 aliphatic carbocycles. The zero-order valence-corrected chi connectivity index (χ0v) is 20.6. The summed E-state index contributed by atoms with van der Waals surface area (Å²) in [7, 11) is 0. The summed E-state index contributed by atoms with van der Waals surface area (Å²) in [6.07, 6.45) is 4.28. The predicted molar refractivity (Wildman–Crippen MR) is 135 cm³/mol. The standard InChI is InChI=1S/C28H39N3O3/c1-4-8-19(2)18-34-24-15-13-22(14-16-24)25(17-30-28(33)26(29)23-11-12-23)31-27(32)20(3)21-9-6-5-7-10-21/h5-7,9-10,13-16,19-20,23,25-26H,4,8,11-12,17-18,29H2,1-3H3,(H,30,33)(H,31,32)/t19?,20-,25-,26?/m0/s1. The Labute approximate surface area is 203 Å². The predicted octanol–water partition coefficient (Wildman–Crippen LogP) is 4.32. The first-order chi connectivity index (χ1) is 16.4. The van der Waals surface area contributed by atoms with Gasteiger partial charge in [0.1, 0.15) is 5.75 Å². The van der Waals surface area contributed by atoms with Crippen LogP contribution >= 0.6 is 0 Å². The summed E-state index contributed by atoms with van der Waals surface area (Å²) in [6.45, 7) is 7.20. The highest BCUT2D eigenvalue weighted by molar-refractivity contribution is 5.84. The number of amides is 2. The van der Waals surface area contributed by atoms with Gasteiger partial charge in [0.05, 0.1) is 24.6 Å². The minimum Gasteiger partial charge on any atom is -0.493 e. The topological polar surface area (TPSA) is 93.4 Å². The van der Waals surface area contributed by atoms with Crippen LogP contribution in [0.15, 0.2) is 54.6 Å². The average Bonchev–Trinajstić information content (AvgIpc) is 3.70. The second-order valence-corrected chi connectivity index (χ2v) is 9.58. The molecule has 0 aliphatic heterocycles. The van der Waals surface area contributed by atoms with Gasteiger partial charge in [-0.05, 0) is 61.3 Å². The van der Waals surface area contributed by atoms with Gasteiger partial charge >= 0.3 is 0 Å². The van der Waals surface area contributed by atoms with Crippen LogP contribution in [0, 0.1) is 11.8 Å². The highest BCUT2D eigenvalue weighted by Crippen LogP contribution is 2.31. The molecule has 6 nitrogen and oxygen atoms in total. The minimum absolute atomic E-state index is 0.0920. The lowest BCUT2D eigenvalue weighted by Crippen LogP contribution is -2.46. The molecule has 0 bridgehead atoms. The first-order valence-corrected chi connectivity index (χ1v) is 12.5. The van der Waals surface area contributed by atoms with Crippen molar-refractivity contribution >= 4 is 11.8 Å². The summed E-state index contributed by atoms with van der Waals surface area (Å²) in [5.74, 6) is 1.01. The Balaban J connectivity index is 1.67. The summed E-state index contributed by atoms with van der Waals surface area (Å²) >= 11 is 0. The van der Waals surface area contributed by atoms with Crippen LogP contribution in [-0.4, -0.2) is 31.0 Å². The summed E-state index contributed by atoms with van der Waals surface area (Å²) < 4.78 is 5.92. The van der Waals surface area contributed by atoms with Crippen molar-refractivity contribution in [3.63, 3.8) is 0 Å². The smallest absolute Gasteiger partial charge is 0.237 e. The molecule has 4 atom stereocenters. The monoisotopic (exact) mass is 465 g/mol. The number of ether oxygens (including phenoxy) is 1. The molecule has 4 N–H and O–H groups in total. The Morgan fingerprint density at radius 3 is 2.29 bits per heavy atom. The summed E-state index contributed by atoms with van der Waals surface area (Å²) in [6, 6.07) is 16.6. The van der Waals surface area contributed by atoms with Crippen molar-refractivity contribution in [3.05, 3.63) is 65.7 Å². The maximum atomic E-state index is 13.1. The molecule has 0 radical (unpaired) electrons. The number of nitrogens with one attached hydrogen (secondary N) is 2.